The van der Waals surface area contributed by atoms with Crippen molar-refractivity contribution < 1.29 is 47.5 Å². The minimum Gasteiger partial charge on any atom is -0.481 e. The summed E-state index contributed by atoms with van der Waals surface area (Å²) in [5, 5.41) is 35.5. The first-order chi connectivity index (χ1) is 18.7. The van der Waals surface area contributed by atoms with E-state index in [4.69, 9.17) is 15.0 Å². The highest BCUT2D eigenvalue weighted by Crippen LogP contribution is 2.25. The molecule has 0 spiro atoms. The predicted octanol–water partition coefficient (Wildman–Crippen LogP) is 2.36. The Balaban J connectivity index is 0.00000101. The average Bonchev–Trinajstić information content (AvgIpc) is 2.87. The number of unbranched alkanes of at least 4 members (excludes halogenated alkanes) is 1. The van der Waals surface area contributed by atoms with E-state index in [9.17, 15) is 37.7 Å². The van der Waals surface area contributed by atoms with Crippen LogP contribution in [0.5, 0.6) is 0 Å². The molecule has 218 valence electrons. The van der Waals surface area contributed by atoms with Crippen LogP contribution in [0.4, 0.5) is 24.8 Å². The van der Waals surface area contributed by atoms with Gasteiger partial charge in [0, 0.05) is 37.0 Å². The minimum atomic E-state index is -5.08. The van der Waals surface area contributed by atoms with Crippen LogP contribution < -0.4 is 16.0 Å². The smallest absolute Gasteiger partial charge is 0.481 e. The highest BCUT2D eigenvalue weighted by molar-refractivity contribution is 5.85. The van der Waals surface area contributed by atoms with E-state index < -0.39 is 41.4 Å². The third kappa shape index (κ3) is 13.1. The van der Waals surface area contributed by atoms with Gasteiger partial charge in [-0.25, -0.2) is 14.8 Å². The number of nitrogens with one attached hydrogen (secondary N) is 3. The summed E-state index contributed by atoms with van der Waals surface area (Å²) in [6, 6.07) is 5.01. The molecule has 2 aromatic rings. The third-order valence-electron chi connectivity index (χ3n) is 4.91. The maximum absolute atomic E-state index is 12.3. The average molecular weight is 572 g/mol. The summed E-state index contributed by atoms with van der Waals surface area (Å²) in [5.41, 5.74) is 0.547. The maximum atomic E-state index is 12.3. The molecule has 14 nitrogen and oxygen atoms in total. The number of alkyl halides is 3. The van der Waals surface area contributed by atoms with Gasteiger partial charge in [-0.05, 0) is 31.4 Å². The monoisotopic (exact) mass is 572 g/mol. The first kappa shape index (κ1) is 33.2. The molecule has 1 heterocycles. The number of carbonyl (C=O) groups excluding carboxylic acids is 2. The van der Waals surface area contributed by atoms with Crippen molar-refractivity contribution in [1.29, 1.82) is 0 Å². The fourth-order valence-corrected chi connectivity index (χ4v) is 2.98. The Kier molecular flexibility index (Phi) is 13.4. The second-order valence-corrected chi connectivity index (χ2v) is 8.06. The number of rotatable bonds is 13. The lowest BCUT2D eigenvalue weighted by Crippen LogP contribution is -2.39. The first-order valence-electron chi connectivity index (χ1n) is 11.5. The molecule has 2 amide bonds. The summed E-state index contributed by atoms with van der Waals surface area (Å²) < 4.78 is 31.7. The number of nitrogens with zero attached hydrogens (tertiary/aromatic N) is 3. The van der Waals surface area contributed by atoms with Gasteiger partial charge >= 0.3 is 18.1 Å². The van der Waals surface area contributed by atoms with E-state index in [1.807, 2.05) is 0 Å². The van der Waals surface area contributed by atoms with Crippen molar-refractivity contribution in [3.8, 4) is 0 Å². The number of anilines is 1. The van der Waals surface area contributed by atoms with E-state index in [1.54, 1.807) is 25.4 Å². The van der Waals surface area contributed by atoms with Crippen LogP contribution in [0.2, 0.25) is 0 Å². The van der Waals surface area contributed by atoms with Gasteiger partial charge in [-0.2, -0.15) is 13.2 Å². The van der Waals surface area contributed by atoms with Crippen LogP contribution in [0.25, 0.3) is 0 Å². The summed E-state index contributed by atoms with van der Waals surface area (Å²) in [4.78, 5) is 63.0. The lowest BCUT2D eigenvalue weighted by molar-refractivity contribution is -0.385. The molecule has 0 aliphatic heterocycles. The molecule has 1 aromatic heterocycles. The second-order valence-electron chi connectivity index (χ2n) is 8.06. The Morgan fingerprint density at radius 3 is 2.25 bits per heavy atom. The van der Waals surface area contributed by atoms with Crippen molar-refractivity contribution in [2.45, 2.75) is 44.8 Å². The predicted molar refractivity (Wildman–Crippen MR) is 132 cm³/mol. The zero-order valence-corrected chi connectivity index (χ0v) is 21.1. The number of carbonyl (C=O) groups is 4. The van der Waals surface area contributed by atoms with Gasteiger partial charge in [-0.1, -0.05) is 12.1 Å². The molecule has 1 unspecified atom stereocenters. The lowest BCUT2D eigenvalue weighted by Gasteiger charge is -2.18. The number of nitro benzene ring substituents is 1. The summed E-state index contributed by atoms with van der Waals surface area (Å²) in [6.45, 7) is 1.82. The van der Waals surface area contributed by atoms with Gasteiger partial charge in [0.05, 0.1) is 23.9 Å². The van der Waals surface area contributed by atoms with Crippen molar-refractivity contribution in [3.63, 3.8) is 0 Å². The van der Waals surface area contributed by atoms with E-state index in [1.165, 1.54) is 18.2 Å². The van der Waals surface area contributed by atoms with E-state index in [0.717, 1.165) is 0 Å². The quantitative estimate of drug-likeness (QED) is 0.133. The van der Waals surface area contributed by atoms with Crippen LogP contribution in [-0.4, -0.2) is 68.1 Å². The number of carboxylic acid groups (broad SMARTS) is 2. The molecule has 2 rings (SSSR count). The summed E-state index contributed by atoms with van der Waals surface area (Å²) >= 11 is 0. The maximum Gasteiger partial charge on any atom is 0.490 e. The number of hydrogen-bond acceptors (Lipinski definition) is 9. The summed E-state index contributed by atoms with van der Waals surface area (Å²) in [5.74, 6) is -4.34. The number of aliphatic carboxylic acids is 2. The van der Waals surface area contributed by atoms with Gasteiger partial charge in [0.25, 0.3) is 5.69 Å². The van der Waals surface area contributed by atoms with Gasteiger partial charge in [0.1, 0.15) is 0 Å². The Hall–Kier alpha value is -4.83. The minimum absolute atomic E-state index is 0.168. The van der Waals surface area contributed by atoms with Gasteiger partial charge < -0.3 is 26.2 Å². The Bertz CT molecular complexity index is 1180. The van der Waals surface area contributed by atoms with Crippen LogP contribution in [0.15, 0.2) is 36.7 Å². The zero-order valence-electron chi connectivity index (χ0n) is 21.1. The Labute approximate surface area is 225 Å². The van der Waals surface area contributed by atoms with Crippen LogP contribution in [-0.2, 0) is 19.2 Å². The number of hydrogen-bond donors (Lipinski definition) is 5. The van der Waals surface area contributed by atoms with E-state index in [-0.39, 0.29) is 24.6 Å². The highest BCUT2D eigenvalue weighted by atomic mass is 19.4. The molecule has 1 atom stereocenters. The van der Waals surface area contributed by atoms with Gasteiger partial charge in [-0.3, -0.25) is 24.5 Å². The normalized spacial score (nSPS) is 11.3. The molecule has 0 aliphatic rings. The number of carboxylic acids is 2. The first-order valence-corrected chi connectivity index (χ1v) is 11.5. The van der Waals surface area contributed by atoms with Crippen molar-refractivity contribution in [3.05, 3.63) is 57.9 Å². The van der Waals surface area contributed by atoms with Crippen molar-refractivity contribution >= 4 is 35.4 Å². The van der Waals surface area contributed by atoms with E-state index >= 15 is 0 Å². The molecule has 0 saturated heterocycles. The molecule has 0 saturated carbocycles. The zero-order chi connectivity index (χ0) is 30.3. The molecule has 40 heavy (non-hydrogen) atoms. The summed E-state index contributed by atoms with van der Waals surface area (Å²) in [7, 11) is 0. The molecule has 0 radical (unpaired) electrons. The third-order valence-corrected chi connectivity index (χ3v) is 4.91. The molecule has 5 N–H and O–H groups in total. The van der Waals surface area contributed by atoms with Crippen LogP contribution >= 0.6 is 0 Å². The standard InChI is InChI=1S/C21H26N6O6.C2HF3O2/c1-14-6-7-15(11-17(14)27(32)33)16(12-20(30)31)26-19(29)13-25-18(28)5-2-3-8-22-21-23-9-4-10-24-21;3-2(4,5)1(6)7/h4,6-7,9-11,16H,2-3,5,8,12-13H2,1H3,(H,25,28)(H,26,29)(H,30,31)(H,22,23,24);(H,6,7). The van der Waals surface area contributed by atoms with Crippen LogP contribution in [0.1, 0.15) is 42.9 Å². The molecule has 0 bridgehead atoms. The van der Waals surface area contributed by atoms with Gasteiger partial charge in [0.15, 0.2) is 0 Å². The topological polar surface area (TPSA) is 214 Å². The Morgan fingerprint density at radius 1 is 1.07 bits per heavy atom. The molecular formula is C23H27F3N6O8. The number of aryl methyl sites for hydroxylation is 1. The number of amides is 2. The van der Waals surface area contributed by atoms with Crippen molar-refractivity contribution in [2.24, 2.45) is 0 Å². The van der Waals surface area contributed by atoms with Crippen molar-refractivity contribution in [1.82, 2.24) is 20.6 Å². The number of nitro groups is 1. The molecule has 1 aromatic carbocycles. The van der Waals surface area contributed by atoms with Crippen LogP contribution in [0.3, 0.4) is 0 Å². The number of aromatic nitrogens is 2. The molecule has 0 fully saturated rings. The molecule has 0 aliphatic carbocycles. The largest absolute Gasteiger partial charge is 0.490 e. The summed E-state index contributed by atoms with van der Waals surface area (Å²) in [6.07, 6.45) is -0.804. The van der Waals surface area contributed by atoms with Gasteiger partial charge in [0.2, 0.25) is 17.8 Å². The Morgan fingerprint density at radius 2 is 1.70 bits per heavy atom. The SMILES string of the molecule is Cc1ccc(C(CC(=O)O)NC(=O)CNC(=O)CCCCNc2ncccn2)cc1[N+](=O)[O-].O=C(O)C(F)(F)F. The molecular weight excluding hydrogens is 545 g/mol. The fraction of sp³-hybridized carbons (Fsp3) is 0.391. The number of halogens is 3. The number of benzene rings is 1. The molecule has 17 heteroatoms. The highest BCUT2D eigenvalue weighted by Gasteiger charge is 2.38. The second kappa shape index (κ2) is 16.2. The lowest BCUT2D eigenvalue weighted by atomic mass is 10.0. The van der Waals surface area contributed by atoms with Crippen molar-refractivity contribution in [2.75, 3.05) is 18.4 Å². The van der Waals surface area contributed by atoms with E-state index in [0.29, 0.717) is 36.5 Å². The van der Waals surface area contributed by atoms with Crippen LogP contribution in [0, 0.1) is 17.0 Å². The van der Waals surface area contributed by atoms with Gasteiger partial charge in [-0.15, -0.1) is 0 Å². The van der Waals surface area contributed by atoms with E-state index in [2.05, 4.69) is 25.9 Å². The fourth-order valence-electron chi connectivity index (χ4n) is 2.98.